The lowest BCUT2D eigenvalue weighted by atomic mass is 10.2. The van der Waals surface area contributed by atoms with E-state index in [0.29, 0.717) is 22.1 Å². The van der Waals surface area contributed by atoms with Crippen molar-refractivity contribution >= 4 is 29.0 Å². The number of hydrogen-bond donors (Lipinski definition) is 1. The number of rotatable bonds is 6. The van der Waals surface area contributed by atoms with Crippen molar-refractivity contribution in [2.75, 3.05) is 12.4 Å². The summed E-state index contributed by atoms with van der Waals surface area (Å²) >= 11 is 1.47. The van der Waals surface area contributed by atoms with Crippen molar-refractivity contribution in [1.29, 1.82) is 0 Å². The summed E-state index contributed by atoms with van der Waals surface area (Å²) < 4.78 is 7.70. The molecule has 1 amide bonds. The Labute approximate surface area is 176 Å². The maximum absolute atomic E-state index is 12.6. The first-order valence-electron chi connectivity index (χ1n) is 9.16. The zero-order valence-corrected chi connectivity index (χ0v) is 17.2. The van der Waals surface area contributed by atoms with Crippen LogP contribution in [0.15, 0.2) is 75.6 Å². The number of aryl methyl sites for hydroxylation is 1. The normalized spacial score (nSPS) is 10.9. The molecule has 0 bridgehead atoms. The van der Waals surface area contributed by atoms with Crippen molar-refractivity contribution in [2.24, 2.45) is 0 Å². The molecular formula is C21H19N5O3S. The van der Waals surface area contributed by atoms with Gasteiger partial charge in [-0.1, -0.05) is 36.0 Å². The average molecular weight is 421 g/mol. The topological polar surface area (TPSA) is 90.5 Å². The largest absolute Gasteiger partial charge is 0.495 e. The minimum atomic E-state index is -0.430. The first-order valence-corrected chi connectivity index (χ1v) is 9.98. The molecule has 0 aliphatic rings. The summed E-state index contributed by atoms with van der Waals surface area (Å²) in [5, 5.41) is 7.76. The second-order valence-corrected chi connectivity index (χ2v) is 7.66. The van der Waals surface area contributed by atoms with E-state index in [2.05, 4.69) is 15.4 Å². The molecule has 0 atom stereocenters. The van der Waals surface area contributed by atoms with Gasteiger partial charge in [-0.2, -0.15) is 0 Å². The molecule has 0 saturated heterocycles. The van der Waals surface area contributed by atoms with Gasteiger partial charge in [0.05, 0.1) is 12.8 Å². The molecule has 8 nitrogen and oxygen atoms in total. The van der Waals surface area contributed by atoms with E-state index in [1.807, 2.05) is 43.3 Å². The Morgan fingerprint density at radius 2 is 1.97 bits per heavy atom. The lowest BCUT2D eigenvalue weighted by molar-refractivity contribution is -0.117. The molecule has 9 heteroatoms. The fourth-order valence-electron chi connectivity index (χ4n) is 2.92. The lowest BCUT2D eigenvalue weighted by Crippen LogP contribution is -2.28. The molecule has 0 spiro atoms. The van der Waals surface area contributed by atoms with E-state index in [1.54, 1.807) is 18.2 Å². The molecule has 4 aromatic rings. The van der Waals surface area contributed by atoms with Gasteiger partial charge in [0, 0.05) is 11.0 Å². The number of methoxy groups -OCH3 is 1. The summed E-state index contributed by atoms with van der Waals surface area (Å²) in [7, 11) is 1.53. The first-order chi connectivity index (χ1) is 14.5. The van der Waals surface area contributed by atoms with Crippen molar-refractivity contribution < 1.29 is 9.53 Å². The van der Waals surface area contributed by atoms with Gasteiger partial charge in [-0.05, 0) is 36.8 Å². The average Bonchev–Trinajstić information content (AvgIpc) is 3.03. The van der Waals surface area contributed by atoms with Crippen LogP contribution in [-0.4, -0.2) is 32.2 Å². The third kappa shape index (κ3) is 4.20. The minimum Gasteiger partial charge on any atom is -0.495 e. The molecule has 30 heavy (non-hydrogen) atoms. The van der Waals surface area contributed by atoms with Gasteiger partial charge in [0.2, 0.25) is 5.91 Å². The van der Waals surface area contributed by atoms with Gasteiger partial charge in [-0.3, -0.25) is 4.79 Å². The number of hydrogen-bond acceptors (Lipinski definition) is 6. The zero-order valence-electron chi connectivity index (χ0n) is 16.4. The van der Waals surface area contributed by atoms with E-state index in [-0.39, 0.29) is 12.5 Å². The van der Waals surface area contributed by atoms with Gasteiger partial charge in [0.15, 0.2) is 5.65 Å². The highest BCUT2D eigenvalue weighted by Gasteiger charge is 2.14. The number of ether oxygens (including phenoxy) is 1. The predicted octanol–water partition coefficient (Wildman–Crippen LogP) is 3.00. The van der Waals surface area contributed by atoms with Gasteiger partial charge < -0.3 is 10.1 Å². The molecule has 0 aliphatic heterocycles. The predicted molar refractivity (Wildman–Crippen MR) is 114 cm³/mol. The number of amides is 1. The van der Waals surface area contributed by atoms with Crippen LogP contribution < -0.4 is 15.7 Å². The number of aromatic nitrogens is 4. The van der Waals surface area contributed by atoms with Crippen LogP contribution in [-0.2, 0) is 11.3 Å². The Hall–Kier alpha value is -3.59. The van der Waals surface area contributed by atoms with Crippen LogP contribution >= 0.6 is 11.8 Å². The second kappa shape index (κ2) is 8.42. The molecule has 0 fully saturated rings. The third-order valence-corrected chi connectivity index (χ3v) is 5.28. The Morgan fingerprint density at radius 1 is 1.17 bits per heavy atom. The Morgan fingerprint density at radius 3 is 2.73 bits per heavy atom. The Bertz CT molecular complexity index is 1270. The molecule has 0 saturated carbocycles. The maximum atomic E-state index is 12.6. The van der Waals surface area contributed by atoms with Gasteiger partial charge >= 0.3 is 5.69 Å². The summed E-state index contributed by atoms with van der Waals surface area (Å²) in [5.74, 6) is 0.166. The fourth-order valence-corrected chi connectivity index (χ4v) is 3.72. The van der Waals surface area contributed by atoms with Crippen molar-refractivity contribution in [2.45, 2.75) is 23.4 Å². The van der Waals surface area contributed by atoms with Crippen molar-refractivity contribution in [3.05, 3.63) is 77.0 Å². The van der Waals surface area contributed by atoms with Crippen molar-refractivity contribution in [1.82, 2.24) is 19.2 Å². The van der Waals surface area contributed by atoms with Gasteiger partial charge in [0.1, 0.15) is 23.6 Å². The number of nitrogens with zero attached hydrogens (tertiary/aromatic N) is 4. The van der Waals surface area contributed by atoms with Crippen molar-refractivity contribution in [3.63, 3.8) is 0 Å². The summed E-state index contributed by atoms with van der Waals surface area (Å²) in [5.41, 5.74) is 1.52. The molecule has 2 aromatic carbocycles. The number of benzene rings is 2. The fraction of sp³-hybridized carbons (Fsp3) is 0.143. The molecule has 0 unspecified atom stereocenters. The highest BCUT2D eigenvalue weighted by atomic mass is 32.2. The van der Waals surface area contributed by atoms with E-state index >= 15 is 0 Å². The molecule has 2 heterocycles. The van der Waals surface area contributed by atoms with E-state index in [9.17, 15) is 9.59 Å². The van der Waals surface area contributed by atoms with Crippen LogP contribution in [0.5, 0.6) is 5.75 Å². The summed E-state index contributed by atoms with van der Waals surface area (Å²) in [6, 6.07) is 17.0. The molecule has 152 valence electrons. The summed E-state index contributed by atoms with van der Waals surface area (Å²) in [4.78, 5) is 30.4. The van der Waals surface area contributed by atoms with Crippen LogP contribution in [0.3, 0.4) is 0 Å². The third-order valence-electron chi connectivity index (χ3n) is 4.34. The molecular weight excluding hydrogens is 402 g/mol. The van der Waals surface area contributed by atoms with Crippen LogP contribution in [0.4, 0.5) is 5.69 Å². The standard InChI is InChI=1S/C21H19N5O3S/c1-14-8-9-17(29-2)16(10-14)23-19(27)12-26-21(28)25-13-22-20(11-18(25)24-26)30-15-6-4-3-5-7-15/h3-11,13H,12H2,1-2H3,(H,23,27). The van der Waals surface area contributed by atoms with Crippen LogP contribution in [0.1, 0.15) is 5.56 Å². The highest BCUT2D eigenvalue weighted by molar-refractivity contribution is 7.99. The van der Waals surface area contributed by atoms with Crippen LogP contribution in [0.2, 0.25) is 0 Å². The second-order valence-electron chi connectivity index (χ2n) is 6.56. The first kappa shape index (κ1) is 19.7. The Balaban J connectivity index is 1.54. The Kier molecular flexibility index (Phi) is 5.53. The zero-order chi connectivity index (χ0) is 21.1. The van der Waals surface area contributed by atoms with Gasteiger partial charge in [-0.15, -0.1) is 5.10 Å². The molecule has 1 N–H and O–H groups in total. The molecule has 2 aromatic heterocycles. The number of nitrogens with one attached hydrogen (secondary N) is 1. The van der Waals surface area contributed by atoms with Crippen LogP contribution in [0, 0.1) is 6.92 Å². The van der Waals surface area contributed by atoms with Crippen LogP contribution in [0.25, 0.3) is 5.65 Å². The molecule has 0 radical (unpaired) electrons. The highest BCUT2D eigenvalue weighted by Crippen LogP contribution is 2.26. The smallest absolute Gasteiger partial charge is 0.352 e. The minimum absolute atomic E-state index is 0.223. The van der Waals surface area contributed by atoms with Gasteiger partial charge in [0.25, 0.3) is 0 Å². The van der Waals surface area contributed by atoms with E-state index in [0.717, 1.165) is 15.1 Å². The lowest BCUT2D eigenvalue weighted by Gasteiger charge is -2.10. The monoisotopic (exact) mass is 421 g/mol. The SMILES string of the molecule is COc1ccc(C)cc1NC(=O)Cn1nc2cc(Sc3ccccc3)ncn2c1=O. The van der Waals surface area contributed by atoms with E-state index < -0.39 is 5.69 Å². The number of anilines is 1. The number of fused-ring (bicyclic) bond motifs is 1. The molecule has 4 rings (SSSR count). The quantitative estimate of drug-likeness (QED) is 0.482. The number of carbonyl (C=O) groups is 1. The van der Waals surface area contributed by atoms with E-state index in [1.165, 1.54) is 29.6 Å². The van der Waals surface area contributed by atoms with E-state index in [4.69, 9.17) is 4.74 Å². The summed E-state index contributed by atoms with van der Waals surface area (Å²) in [6.07, 6.45) is 1.42. The van der Waals surface area contributed by atoms with Crippen molar-refractivity contribution in [3.8, 4) is 5.75 Å². The summed E-state index contributed by atoms with van der Waals surface area (Å²) in [6.45, 7) is 1.69. The maximum Gasteiger partial charge on any atom is 0.352 e. The van der Waals surface area contributed by atoms with Gasteiger partial charge in [-0.25, -0.2) is 18.9 Å². The number of carbonyl (C=O) groups excluding carboxylic acids is 1. The molecule has 0 aliphatic carbocycles.